The van der Waals surface area contributed by atoms with Crippen LogP contribution in [-0.2, 0) is 4.79 Å². The third-order valence-electron chi connectivity index (χ3n) is 3.81. The zero-order chi connectivity index (χ0) is 20.8. The topological polar surface area (TPSA) is 77.0 Å². The van der Waals surface area contributed by atoms with Crippen LogP contribution in [0.15, 0.2) is 52.4 Å². The molecule has 0 unspecified atom stereocenters. The van der Waals surface area contributed by atoms with Crippen LogP contribution in [0.4, 0.5) is 0 Å². The van der Waals surface area contributed by atoms with Gasteiger partial charge in [0, 0.05) is 10.6 Å². The van der Waals surface area contributed by atoms with Gasteiger partial charge >= 0.3 is 0 Å². The van der Waals surface area contributed by atoms with Crippen LogP contribution >= 0.6 is 23.4 Å². The highest BCUT2D eigenvalue weighted by molar-refractivity contribution is 8.18. The van der Waals surface area contributed by atoms with E-state index in [1.165, 1.54) is 0 Å². The summed E-state index contributed by atoms with van der Waals surface area (Å²) in [6, 6.07) is 11.8. The molecule has 0 bridgehead atoms. The number of hydrogen-bond donors (Lipinski definition) is 1. The Hall–Kier alpha value is -2.77. The molecule has 0 radical (unpaired) electrons. The fourth-order valence-electron chi connectivity index (χ4n) is 2.54. The van der Waals surface area contributed by atoms with Gasteiger partial charge in [-0.05, 0) is 73.6 Å². The molecule has 1 aliphatic rings. The Balaban J connectivity index is 1.79. The van der Waals surface area contributed by atoms with Gasteiger partial charge in [0.15, 0.2) is 16.7 Å². The number of amides is 2. The number of halogens is 1. The maximum atomic E-state index is 12.3. The van der Waals surface area contributed by atoms with Crippen molar-refractivity contribution in [2.24, 2.45) is 4.99 Å². The average molecular weight is 431 g/mol. The molecule has 0 atom stereocenters. The summed E-state index contributed by atoms with van der Waals surface area (Å²) in [5.41, 5.74) is 1.17. The summed E-state index contributed by atoms with van der Waals surface area (Å²) in [5, 5.41) is 3.38. The Bertz CT molecular complexity index is 987. The predicted molar refractivity (Wildman–Crippen MR) is 116 cm³/mol. The van der Waals surface area contributed by atoms with Crippen LogP contribution in [-0.4, -0.2) is 30.2 Å². The van der Waals surface area contributed by atoms with Crippen molar-refractivity contribution in [3.8, 4) is 11.5 Å². The van der Waals surface area contributed by atoms with Crippen LogP contribution in [0, 0.1) is 0 Å². The monoisotopic (exact) mass is 430 g/mol. The second kappa shape index (κ2) is 9.62. The molecule has 0 aromatic heterocycles. The minimum atomic E-state index is -0.453. The van der Waals surface area contributed by atoms with Gasteiger partial charge in [0.1, 0.15) is 0 Å². The lowest BCUT2D eigenvalue weighted by Gasteiger charge is -2.11. The molecule has 1 heterocycles. The van der Waals surface area contributed by atoms with Gasteiger partial charge in [0.2, 0.25) is 0 Å². The van der Waals surface area contributed by atoms with Crippen LogP contribution < -0.4 is 14.8 Å². The van der Waals surface area contributed by atoms with Gasteiger partial charge in [-0.15, -0.1) is 0 Å². The molecule has 2 aromatic carbocycles. The standard InChI is InChI=1S/C21H19ClN2O4S/c1-3-27-16-10-5-13(11-17(16)28-4-2)12-18-20(26)24-21(29-18)23-19(25)14-6-8-15(22)9-7-14/h5-12H,3-4H2,1-2H3,(H,23,24,25,26)/b18-12-. The van der Waals surface area contributed by atoms with Gasteiger partial charge < -0.3 is 14.8 Å². The Morgan fingerprint density at radius 3 is 2.48 bits per heavy atom. The van der Waals surface area contributed by atoms with Gasteiger partial charge in [-0.25, -0.2) is 0 Å². The maximum Gasteiger partial charge on any atom is 0.279 e. The van der Waals surface area contributed by atoms with Crippen molar-refractivity contribution < 1.29 is 19.1 Å². The molecule has 1 aliphatic heterocycles. The Labute approximate surface area is 177 Å². The first kappa shape index (κ1) is 21.0. The number of carbonyl (C=O) groups excluding carboxylic acids is 2. The van der Waals surface area contributed by atoms with Gasteiger partial charge in [0.05, 0.1) is 18.1 Å². The number of nitrogens with one attached hydrogen (secondary N) is 1. The van der Waals surface area contributed by atoms with E-state index in [2.05, 4.69) is 10.3 Å². The number of aliphatic imine (C=N–C) groups is 1. The van der Waals surface area contributed by atoms with E-state index in [1.807, 2.05) is 26.0 Å². The number of nitrogens with zero attached hydrogens (tertiary/aromatic N) is 1. The van der Waals surface area contributed by atoms with E-state index in [9.17, 15) is 9.59 Å². The largest absolute Gasteiger partial charge is 0.490 e. The summed E-state index contributed by atoms with van der Waals surface area (Å²) in [6.07, 6.45) is 1.72. The smallest absolute Gasteiger partial charge is 0.279 e. The Morgan fingerprint density at radius 2 is 1.79 bits per heavy atom. The van der Waals surface area contributed by atoms with Crippen LogP contribution in [0.2, 0.25) is 5.02 Å². The Kier molecular flexibility index (Phi) is 6.95. The van der Waals surface area contributed by atoms with E-state index in [0.29, 0.717) is 40.2 Å². The van der Waals surface area contributed by atoms with E-state index in [-0.39, 0.29) is 11.1 Å². The van der Waals surface area contributed by atoms with Gasteiger partial charge in [-0.3, -0.25) is 9.59 Å². The third-order valence-corrected chi connectivity index (χ3v) is 4.97. The maximum absolute atomic E-state index is 12.3. The van der Waals surface area contributed by atoms with Crippen molar-refractivity contribution in [1.82, 2.24) is 5.32 Å². The molecular formula is C21H19ClN2O4S. The molecule has 0 aliphatic carbocycles. The predicted octanol–water partition coefficient (Wildman–Crippen LogP) is 4.54. The van der Waals surface area contributed by atoms with Crippen LogP contribution in [0.3, 0.4) is 0 Å². The summed E-state index contributed by atoms with van der Waals surface area (Å²) in [4.78, 5) is 28.9. The van der Waals surface area contributed by atoms with Crippen molar-refractivity contribution in [2.45, 2.75) is 13.8 Å². The number of rotatable bonds is 6. The molecular weight excluding hydrogens is 412 g/mol. The molecule has 0 saturated carbocycles. The van der Waals surface area contributed by atoms with Crippen LogP contribution in [0.1, 0.15) is 29.8 Å². The lowest BCUT2D eigenvalue weighted by molar-refractivity contribution is -0.115. The van der Waals surface area contributed by atoms with E-state index in [0.717, 1.165) is 17.3 Å². The lowest BCUT2D eigenvalue weighted by atomic mass is 10.2. The molecule has 6 nitrogen and oxygen atoms in total. The van der Waals surface area contributed by atoms with Crippen molar-refractivity contribution in [2.75, 3.05) is 13.2 Å². The number of hydrogen-bond acceptors (Lipinski definition) is 5. The van der Waals surface area contributed by atoms with Crippen molar-refractivity contribution in [1.29, 1.82) is 0 Å². The minimum absolute atomic E-state index is 0.233. The molecule has 2 aromatic rings. The molecule has 1 fully saturated rings. The number of amidine groups is 1. The highest BCUT2D eigenvalue weighted by Gasteiger charge is 2.25. The second-order valence-electron chi connectivity index (χ2n) is 5.87. The summed E-state index contributed by atoms with van der Waals surface area (Å²) < 4.78 is 11.2. The average Bonchev–Trinajstić information content (AvgIpc) is 3.03. The van der Waals surface area contributed by atoms with Crippen LogP contribution in [0.25, 0.3) is 6.08 Å². The van der Waals surface area contributed by atoms with Crippen molar-refractivity contribution in [3.63, 3.8) is 0 Å². The minimum Gasteiger partial charge on any atom is -0.490 e. The molecule has 8 heteroatoms. The first-order valence-electron chi connectivity index (χ1n) is 8.99. The molecule has 29 heavy (non-hydrogen) atoms. The summed E-state index contributed by atoms with van der Waals surface area (Å²) in [5.74, 6) is 0.490. The summed E-state index contributed by atoms with van der Waals surface area (Å²) in [7, 11) is 0. The summed E-state index contributed by atoms with van der Waals surface area (Å²) >= 11 is 6.93. The van der Waals surface area contributed by atoms with E-state index in [4.69, 9.17) is 21.1 Å². The molecule has 2 amide bonds. The normalized spacial score (nSPS) is 16.2. The van der Waals surface area contributed by atoms with Gasteiger partial charge in [-0.1, -0.05) is 17.7 Å². The van der Waals surface area contributed by atoms with Crippen LogP contribution in [0.5, 0.6) is 11.5 Å². The van der Waals surface area contributed by atoms with Gasteiger partial charge in [-0.2, -0.15) is 4.99 Å². The van der Waals surface area contributed by atoms with Gasteiger partial charge in [0.25, 0.3) is 11.8 Å². The molecule has 1 N–H and O–H groups in total. The number of thioether (sulfide) groups is 1. The first-order chi connectivity index (χ1) is 14.0. The molecule has 150 valence electrons. The molecule has 3 rings (SSSR count). The van der Waals surface area contributed by atoms with E-state index < -0.39 is 5.91 Å². The SMILES string of the molecule is CCOc1ccc(/C=C2\SC(=NC(=O)c3ccc(Cl)cc3)NC2=O)cc1OCC. The first-order valence-corrected chi connectivity index (χ1v) is 10.2. The van der Waals surface area contributed by atoms with Crippen molar-refractivity contribution in [3.05, 3.63) is 63.5 Å². The zero-order valence-corrected chi connectivity index (χ0v) is 17.5. The Morgan fingerprint density at radius 1 is 1.10 bits per heavy atom. The summed E-state index contributed by atoms with van der Waals surface area (Å²) in [6.45, 7) is 4.82. The second-order valence-corrected chi connectivity index (χ2v) is 7.33. The molecule has 1 saturated heterocycles. The van der Waals surface area contributed by atoms with Crippen molar-refractivity contribution >= 4 is 46.4 Å². The number of ether oxygens (including phenoxy) is 2. The third kappa shape index (κ3) is 5.40. The van der Waals surface area contributed by atoms with E-state index >= 15 is 0 Å². The number of benzene rings is 2. The zero-order valence-electron chi connectivity index (χ0n) is 15.9. The lowest BCUT2D eigenvalue weighted by Crippen LogP contribution is -2.20. The molecule has 0 spiro atoms. The quantitative estimate of drug-likeness (QED) is 0.681. The highest BCUT2D eigenvalue weighted by atomic mass is 35.5. The van der Waals surface area contributed by atoms with E-state index in [1.54, 1.807) is 36.4 Å². The number of carbonyl (C=O) groups is 2. The fourth-order valence-corrected chi connectivity index (χ4v) is 3.48. The highest BCUT2D eigenvalue weighted by Crippen LogP contribution is 2.32. The fraction of sp³-hybridized carbons (Fsp3) is 0.190.